The van der Waals surface area contributed by atoms with E-state index in [1.54, 1.807) is 11.3 Å². The molecule has 31 heavy (non-hydrogen) atoms. The van der Waals surface area contributed by atoms with Crippen molar-refractivity contribution in [2.75, 3.05) is 26.2 Å². The summed E-state index contributed by atoms with van der Waals surface area (Å²) >= 11 is 1.56. The summed E-state index contributed by atoms with van der Waals surface area (Å²) in [5, 5.41) is 14.3. The van der Waals surface area contributed by atoms with E-state index in [4.69, 9.17) is 5.11 Å². The molecule has 6 heteroatoms. The molecule has 2 aromatic carbocycles. The number of hydrogen-bond donors (Lipinski definition) is 2. The Morgan fingerprint density at radius 3 is 2.90 bits per heavy atom. The molecule has 1 fully saturated rings. The van der Waals surface area contributed by atoms with Gasteiger partial charge in [-0.1, -0.05) is 36.4 Å². The molecule has 4 aromatic rings. The minimum absolute atomic E-state index is 0.0525. The lowest BCUT2D eigenvalue weighted by atomic mass is 9.95. The summed E-state index contributed by atoms with van der Waals surface area (Å²) in [7, 11) is 0. The molecule has 3 heterocycles. The van der Waals surface area contributed by atoms with E-state index in [0.717, 1.165) is 46.7 Å². The van der Waals surface area contributed by atoms with Gasteiger partial charge in [0.05, 0.1) is 17.0 Å². The first kappa shape index (κ1) is 20.1. The molecule has 5 rings (SSSR count). The maximum absolute atomic E-state index is 12.8. The van der Waals surface area contributed by atoms with E-state index in [0.29, 0.717) is 5.92 Å². The van der Waals surface area contributed by atoms with E-state index in [-0.39, 0.29) is 19.1 Å². The molecule has 158 valence electrons. The molecule has 2 N–H and O–H groups in total. The Labute approximate surface area is 185 Å². The Bertz CT molecular complexity index is 1230. The van der Waals surface area contributed by atoms with Crippen molar-refractivity contribution >= 4 is 38.2 Å². The van der Waals surface area contributed by atoms with E-state index in [2.05, 4.69) is 51.6 Å². The van der Waals surface area contributed by atoms with E-state index in [1.165, 1.54) is 16.3 Å². The quantitative estimate of drug-likeness (QED) is 0.481. The van der Waals surface area contributed by atoms with Gasteiger partial charge in [0.25, 0.3) is 5.91 Å². The Hall–Kier alpha value is -2.80. The zero-order chi connectivity index (χ0) is 21.2. The number of aliphatic hydroxyl groups is 1. The summed E-state index contributed by atoms with van der Waals surface area (Å²) in [4.78, 5) is 20.6. The fraction of sp³-hybridized carbons (Fsp3) is 0.280. The normalized spacial score (nSPS) is 16.9. The first-order chi connectivity index (χ1) is 15.2. The van der Waals surface area contributed by atoms with Gasteiger partial charge in [-0.15, -0.1) is 11.3 Å². The number of pyridine rings is 1. The van der Waals surface area contributed by atoms with Crippen LogP contribution in [0.25, 0.3) is 21.0 Å². The van der Waals surface area contributed by atoms with Crippen molar-refractivity contribution < 1.29 is 9.90 Å². The number of carbonyl (C=O) groups excluding carboxylic acids is 1. The van der Waals surface area contributed by atoms with E-state index < -0.39 is 0 Å². The van der Waals surface area contributed by atoms with Crippen LogP contribution in [0.1, 0.15) is 33.1 Å². The predicted molar refractivity (Wildman–Crippen MR) is 126 cm³/mol. The summed E-state index contributed by atoms with van der Waals surface area (Å²) in [6.07, 6.45) is 2.87. The Morgan fingerprint density at radius 1 is 1.13 bits per heavy atom. The van der Waals surface area contributed by atoms with Crippen LogP contribution in [0.3, 0.4) is 0 Å². The van der Waals surface area contributed by atoms with Gasteiger partial charge in [0.2, 0.25) is 0 Å². The third kappa shape index (κ3) is 3.94. The topological polar surface area (TPSA) is 65.5 Å². The number of nitrogens with one attached hydrogen (secondary N) is 1. The molecule has 1 aliphatic rings. The average molecular weight is 432 g/mol. The number of thiophene rings is 1. The number of amides is 1. The second-order valence-corrected chi connectivity index (χ2v) is 9.08. The molecule has 1 amide bonds. The second-order valence-electron chi connectivity index (χ2n) is 8.03. The van der Waals surface area contributed by atoms with Crippen LogP contribution in [0.15, 0.2) is 60.8 Å². The molecule has 1 saturated heterocycles. The lowest BCUT2D eigenvalue weighted by Gasteiger charge is -2.18. The van der Waals surface area contributed by atoms with Crippen LogP contribution in [-0.4, -0.2) is 47.1 Å². The van der Waals surface area contributed by atoms with Crippen molar-refractivity contribution in [2.24, 2.45) is 0 Å². The number of hydrogen-bond acceptors (Lipinski definition) is 5. The number of nitrogens with zero attached hydrogens (tertiary/aromatic N) is 2. The SMILES string of the molecule is O=C(NCCO)c1sc2ccccc2c1[C@H]1CCN(Cc2cccc3ncccc23)C1. The van der Waals surface area contributed by atoms with Gasteiger partial charge in [-0.25, -0.2) is 0 Å². The van der Waals surface area contributed by atoms with Crippen LogP contribution in [0, 0.1) is 0 Å². The molecule has 0 saturated carbocycles. The first-order valence-electron chi connectivity index (χ1n) is 10.7. The molecule has 0 aliphatic carbocycles. The maximum Gasteiger partial charge on any atom is 0.261 e. The summed E-state index contributed by atoms with van der Waals surface area (Å²) < 4.78 is 1.14. The average Bonchev–Trinajstić information content (AvgIpc) is 3.42. The van der Waals surface area contributed by atoms with Gasteiger partial charge >= 0.3 is 0 Å². The van der Waals surface area contributed by atoms with Crippen molar-refractivity contribution in [3.05, 3.63) is 76.8 Å². The Kier molecular flexibility index (Phi) is 5.68. The number of aliphatic hydroxyl groups excluding tert-OH is 1. The number of benzene rings is 2. The highest BCUT2D eigenvalue weighted by Gasteiger charge is 2.30. The minimum atomic E-state index is -0.0798. The van der Waals surface area contributed by atoms with Crippen LogP contribution in [-0.2, 0) is 6.54 Å². The zero-order valence-corrected chi connectivity index (χ0v) is 18.1. The largest absolute Gasteiger partial charge is 0.395 e. The van der Waals surface area contributed by atoms with Crippen LogP contribution >= 0.6 is 11.3 Å². The minimum Gasteiger partial charge on any atom is -0.395 e. The summed E-state index contributed by atoms with van der Waals surface area (Å²) in [5.74, 6) is 0.239. The Morgan fingerprint density at radius 2 is 2.00 bits per heavy atom. The third-order valence-electron chi connectivity index (χ3n) is 6.05. The summed E-state index contributed by atoms with van der Waals surface area (Å²) in [5.41, 5.74) is 3.49. The molecule has 2 aromatic heterocycles. The number of carbonyl (C=O) groups is 1. The van der Waals surface area contributed by atoms with Gasteiger partial charge in [-0.05, 0) is 47.7 Å². The highest BCUT2D eigenvalue weighted by Crippen LogP contribution is 2.40. The fourth-order valence-electron chi connectivity index (χ4n) is 4.65. The van der Waals surface area contributed by atoms with Crippen molar-refractivity contribution in [3.63, 3.8) is 0 Å². The van der Waals surface area contributed by atoms with Crippen molar-refractivity contribution in [1.29, 1.82) is 0 Å². The van der Waals surface area contributed by atoms with Crippen LogP contribution in [0.2, 0.25) is 0 Å². The first-order valence-corrected chi connectivity index (χ1v) is 11.5. The summed E-state index contributed by atoms with van der Waals surface area (Å²) in [6, 6.07) is 18.7. The van der Waals surface area contributed by atoms with Gasteiger partial charge in [0.15, 0.2) is 0 Å². The zero-order valence-electron chi connectivity index (χ0n) is 17.3. The maximum atomic E-state index is 12.8. The Balaban J connectivity index is 1.42. The molecular formula is C25H25N3O2S. The summed E-state index contributed by atoms with van der Waals surface area (Å²) in [6.45, 7) is 3.04. The smallest absolute Gasteiger partial charge is 0.261 e. The molecule has 0 bridgehead atoms. The van der Waals surface area contributed by atoms with E-state index >= 15 is 0 Å². The van der Waals surface area contributed by atoms with E-state index in [9.17, 15) is 4.79 Å². The van der Waals surface area contributed by atoms with Gasteiger partial charge in [0.1, 0.15) is 0 Å². The molecule has 1 atom stereocenters. The molecular weight excluding hydrogens is 406 g/mol. The number of fused-ring (bicyclic) bond motifs is 2. The van der Waals surface area contributed by atoms with Crippen molar-refractivity contribution in [2.45, 2.75) is 18.9 Å². The lowest BCUT2D eigenvalue weighted by molar-refractivity contribution is 0.0947. The predicted octanol–water partition coefficient (Wildman–Crippen LogP) is 4.16. The highest BCUT2D eigenvalue weighted by molar-refractivity contribution is 7.21. The molecule has 0 radical (unpaired) electrons. The highest BCUT2D eigenvalue weighted by atomic mass is 32.1. The molecule has 5 nitrogen and oxygen atoms in total. The van der Waals surface area contributed by atoms with Crippen molar-refractivity contribution in [1.82, 2.24) is 15.2 Å². The van der Waals surface area contributed by atoms with Crippen LogP contribution in [0.4, 0.5) is 0 Å². The molecule has 0 spiro atoms. The van der Waals surface area contributed by atoms with Gasteiger partial charge in [0, 0.05) is 41.8 Å². The van der Waals surface area contributed by atoms with Gasteiger partial charge in [-0.2, -0.15) is 0 Å². The number of rotatable bonds is 6. The fourth-order valence-corrected chi connectivity index (χ4v) is 5.85. The van der Waals surface area contributed by atoms with Gasteiger partial charge < -0.3 is 10.4 Å². The number of likely N-dealkylation sites (tertiary alicyclic amines) is 1. The van der Waals surface area contributed by atoms with Gasteiger partial charge in [-0.3, -0.25) is 14.7 Å². The second kappa shape index (κ2) is 8.75. The lowest BCUT2D eigenvalue weighted by Crippen LogP contribution is -2.27. The standard InChI is InChI=1S/C25H25N3O2S/c29-14-12-27-25(30)24-23(20-6-1-2-9-22(20)31-24)18-10-13-28(16-18)15-17-5-3-8-21-19(17)7-4-11-26-21/h1-9,11,18,29H,10,12-16H2,(H,27,30)/t18-/m0/s1. The molecule has 0 unspecified atom stereocenters. The van der Waals surface area contributed by atoms with Crippen LogP contribution in [0.5, 0.6) is 0 Å². The van der Waals surface area contributed by atoms with Crippen LogP contribution < -0.4 is 5.32 Å². The van der Waals surface area contributed by atoms with Crippen molar-refractivity contribution in [3.8, 4) is 0 Å². The van der Waals surface area contributed by atoms with E-state index in [1.807, 2.05) is 24.4 Å². The monoisotopic (exact) mass is 431 g/mol. The third-order valence-corrected chi connectivity index (χ3v) is 7.23. The number of aromatic nitrogens is 1. The molecule has 1 aliphatic heterocycles.